The van der Waals surface area contributed by atoms with Gasteiger partial charge in [0.2, 0.25) is 36.3 Å². The number of nitrogens with zero attached hydrogens (tertiary/aromatic N) is 3. The lowest BCUT2D eigenvalue weighted by Gasteiger charge is -2.25. The van der Waals surface area contributed by atoms with E-state index in [0.29, 0.717) is 157 Å². The number of rotatable bonds is 43. The van der Waals surface area contributed by atoms with E-state index in [9.17, 15) is 48.3 Å². The Labute approximate surface area is 513 Å². The van der Waals surface area contributed by atoms with Crippen LogP contribution in [0.4, 0.5) is 0 Å². The summed E-state index contributed by atoms with van der Waals surface area (Å²) < 4.78 is 61.8. The van der Waals surface area contributed by atoms with Crippen molar-refractivity contribution in [3.05, 3.63) is 63.0 Å². The molecule has 89 heavy (non-hydrogen) atoms. The van der Waals surface area contributed by atoms with E-state index in [0.717, 1.165) is 4.90 Å². The third-order valence-corrected chi connectivity index (χ3v) is 14.4. The lowest BCUT2D eigenvalue weighted by molar-refractivity contribution is -0.157. The number of pyridine rings is 2. The van der Waals surface area contributed by atoms with Gasteiger partial charge in [0.25, 0.3) is 17.4 Å². The molecule has 4 aliphatic rings. The second-order valence-electron chi connectivity index (χ2n) is 21.0. The zero-order chi connectivity index (χ0) is 63.5. The number of esters is 1. The Morgan fingerprint density at radius 2 is 1.25 bits per heavy atom. The van der Waals surface area contributed by atoms with Gasteiger partial charge in [-0.1, -0.05) is 13.8 Å². The molecule has 8 N–H and O–H groups in total. The van der Waals surface area contributed by atoms with Gasteiger partial charge in [-0.25, -0.2) is 9.78 Å². The van der Waals surface area contributed by atoms with Gasteiger partial charge in [-0.2, -0.15) is 0 Å². The maximum absolute atomic E-state index is 13.7. The van der Waals surface area contributed by atoms with Crippen molar-refractivity contribution in [2.45, 2.75) is 83.8 Å². The van der Waals surface area contributed by atoms with Crippen molar-refractivity contribution < 1.29 is 95.6 Å². The zero-order valence-corrected chi connectivity index (χ0v) is 50.2. The maximum atomic E-state index is 13.7. The smallest absolute Gasteiger partial charge is 0.340 e. The number of aromatic nitrogens is 2. The molecule has 0 saturated heterocycles. The van der Waals surface area contributed by atoms with Gasteiger partial charge in [0, 0.05) is 67.2 Å². The lowest BCUT2D eigenvalue weighted by atomic mass is 9.98. The predicted octanol–water partition coefficient (Wildman–Crippen LogP) is -1.31. The SMILES string of the molecule is CC(C)[C@H](NC(=O)CCOCCOCCOCCOCCOCCOCCOCCOCCNC(=O)CCN1C(=O)C=CC1=O)C(=O)N[C@@H](CCCCN)C(=O)NCC(=O)NCc1c2c(nc3cc4c(cc13)OCO4)-c1cc3c(c(=O)n1C2)COC(=O)[C@H]3O. The van der Waals surface area contributed by atoms with E-state index >= 15 is 0 Å². The Balaban J connectivity index is 0.699. The molecule has 3 atom stereocenters. The number of carbonyl (C=O) groups excluding carboxylic acids is 8. The summed E-state index contributed by atoms with van der Waals surface area (Å²) in [6, 6.07) is 2.94. The fourth-order valence-corrected chi connectivity index (χ4v) is 9.67. The number of nitrogens with one attached hydrogen (secondary N) is 5. The summed E-state index contributed by atoms with van der Waals surface area (Å²) in [4.78, 5) is 121. The number of benzene rings is 1. The molecule has 0 radical (unpaired) electrons. The molecular weight excluding hydrogens is 1170 g/mol. The molecule has 30 heteroatoms. The molecular formula is C59H81N9O21. The van der Waals surface area contributed by atoms with Crippen molar-refractivity contribution in [3.63, 3.8) is 0 Å². The predicted molar refractivity (Wildman–Crippen MR) is 313 cm³/mol. The minimum atomic E-state index is -1.64. The van der Waals surface area contributed by atoms with E-state index < -0.39 is 71.7 Å². The van der Waals surface area contributed by atoms with E-state index in [1.165, 1.54) is 16.7 Å². The van der Waals surface area contributed by atoms with Crippen molar-refractivity contribution >= 4 is 58.2 Å². The van der Waals surface area contributed by atoms with E-state index in [-0.39, 0.29) is 95.1 Å². The van der Waals surface area contributed by atoms with E-state index in [2.05, 4.69) is 26.6 Å². The molecule has 2 aromatic heterocycles. The van der Waals surface area contributed by atoms with Crippen molar-refractivity contribution in [3.8, 4) is 22.9 Å². The summed E-state index contributed by atoms with van der Waals surface area (Å²) in [7, 11) is 0. The lowest BCUT2D eigenvalue weighted by Crippen LogP contribution is -2.56. The monoisotopic (exact) mass is 1250 g/mol. The van der Waals surface area contributed by atoms with Crippen LogP contribution in [0.5, 0.6) is 11.5 Å². The van der Waals surface area contributed by atoms with E-state index in [1.807, 2.05) is 0 Å². The molecule has 7 amide bonds. The van der Waals surface area contributed by atoms with Crippen LogP contribution in [-0.4, -0.2) is 218 Å². The summed E-state index contributed by atoms with van der Waals surface area (Å²) in [5.41, 5.74) is 8.05. The highest BCUT2D eigenvalue weighted by molar-refractivity contribution is 6.13. The van der Waals surface area contributed by atoms with Gasteiger partial charge >= 0.3 is 5.97 Å². The number of unbranched alkanes of at least 4 members (excludes halogenated alkanes) is 1. The summed E-state index contributed by atoms with van der Waals surface area (Å²) in [5, 5.41) is 24.9. The van der Waals surface area contributed by atoms with Gasteiger partial charge in [-0.3, -0.25) is 43.3 Å². The first-order valence-corrected chi connectivity index (χ1v) is 29.8. The highest BCUT2D eigenvalue weighted by Crippen LogP contribution is 2.42. The normalized spacial score (nSPS) is 15.2. The summed E-state index contributed by atoms with van der Waals surface area (Å²) in [6.07, 6.45) is 1.97. The molecule has 0 spiro atoms. The van der Waals surface area contributed by atoms with Crippen LogP contribution >= 0.6 is 0 Å². The van der Waals surface area contributed by atoms with Crippen molar-refractivity contribution in [1.82, 2.24) is 41.0 Å². The number of aliphatic hydroxyl groups excluding tert-OH is 1. The van der Waals surface area contributed by atoms with E-state index in [4.69, 9.17) is 62.8 Å². The number of amides is 7. The van der Waals surface area contributed by atoms with Crippen LogP contribution < -0.4 is 47.4 Å². The Hall–Kier alpha value is -7.52. The molecule has 0 aliphatic carbocycles. The number of carbonyl (C=O) groups is 8. The molecule has 488 valence electrons. The molecule has 0 bridgehead atoms. The van der Waals surface area contributed by atoms with Crippen molar-refractivity contribution in [2.75, 3.05) is 139 Å². The molecule has 0 fully saturated rings. The van der Waals surface area contributed by atoms with Crippen molar-refractivity contribution in [2.24, 2.45) is 11.7 Å². The maximum Gasteiger partial charge on any atom is 0.340 e. The molecule has 1 aromatic carbocycles. The molecule has 3 aromatic rings. The molecule has 30 nitrogen and oxygen atoms in total. The third kappa shape index (κ3) is 20.8. The highest BCUT2D eigenvalue weighted by Gasteiger charge is 2.36. The molecule has 4 aliphatic heterocycles. The average molecular weight is 1250 g/mol. The van der Waals surface area contributed by atoms with Crippen LogP contribution in [0.3, 0.4) is 0 Å². The van der Waals surface area contributed by atoms with Gasteiger partial charge in [-0.05, 0) is 49.4 Å². The van der Waals surface area contributed by atoms with Crippen LogP contribution in [-0.2, 0) is 101 Å². The number of cyclic esters (lactones) is 1. The van der Waals surface area contributed by atoms with Crippen LogP contribution in [0, 0.1) is 5.92 Å². The van der Waals surface area contributed by atoms with Crippen LogP contribution in [0.2, 0.25) is 0 Å². The molecule has 0 saturated carbocycles. The second kappa shape index (κ2) is 36.2. The number of ether oxygens (including phenoxy) is 11. The van der Waals surface area contributed by atoms with Gasteiger partial charge in [0.05, 0.1) is 141 Å². The number of fused-ring (bicyclic) bond motifs is 6. The number of hydrogen-bond acceptors (Lipinski definition) is 23. The van der Waals surface area contributed by atoms with Gasteiger partial charge in [0.15, 0.2) is 17.6 Å². The Morgan fingerprint density at radius 1 is 0.663 bits per heavy atom. The van der Waals surface area contributed by atoms with Gasteiger partial charge in [-0.15, -0.1) is 0 Å². The number of nitrogens with two attached hydrogens (primary N) is 1. The minimum Gasteiger partial charge on any atom is -0.458 e. The Kier molecular flexibility index (Phi) is 28.1. The topological polar surface area (TPSA) is 383 Å². The van der Waals surface area contributed by atoms with Crippen molar-refractivity contribution in [1.29, 1.82) is 0 Å². The van der Waals surface area contributed by atoms with E-state index in [1.54, 1.807) is 32.0 Å². The van der Waals surface area contributed by atoms with Crippen LogP contribution in [0.1, 0.15) is 74.3 Å². The Bertz CT molecular complexity index is 3010. The summed E-state index contributed by atoms with van der Waals surface area (Å²) in [5.74, 6) is -3.62. The third-order valence-electron chi connectivity index (χ3n) is 14.4. The largest absolute Gasteiger partial charge is 0.458 e. The second-order valence-corrected chi connectivity index (χ2v) is 21.0. The zero-order valence-electron chi connectivity index (χ0n) is 50.2. The average Bonchev–Trinajstić information content (AvgIpc) is 1.65. The number of imide groups is 1. The Morgan fingerprint density at radius 3 is 1.84 bits per heavy atom. The summed E-state index contributed by atoms with van der Waals surface area (Å²) >= 11 is 0. The first kappa shape index (κ1) is 69.0. The fourth-order valence-electron chi connectivity index (χ4n) is 9.67. The summed E-state index contributed by atoms with van der Waals surface area (Å²) in [6.45, 7) is 8.82. The standard InChI is InChI=1S/C59H81N9O21/c1-37(2)53(66-49(70)9-13-79-15-17-81-19-21-83-23-25-85-27-28-86-26-24-84-22-20-82-18-16-80-14-11-61-48(69)8-12-67-51(72)6-7-52(67)73)57(76)65-43(5-3-4-10-60)56(75)63-33-50(71)62-32-40-38-30-46-47(89-36-88-46)31-44(38)64-54-41(40)34-68-45(54)29-39-42(58(68)77)35-87-59(78)55(39)74/h6-7,29-31,37,43,53,55,74H,3-5,8-28,32-36,60H2,1-2H3,(H,61,69)(H,62,71)(H,63,75)(H,65,76)(H,66,70)/t43-,53-,55-/m0/s1. The minimum absolute atomic E-state index is 0.00309. The first-order valence-electron chi connectivity index (χ1n) is 29.8. The first-order chi connectivity index (χ1) is 43.1. The van der Waals surface area contributed by atoms with Crippen LogP contribution in [0.15, 0.2) is 35.1 Å². The highest BCUT2D eigenvalue weighted by atomic mass is 16.7. The molecule has 7 rings (SSSR count). The fraction of sp³-hybridized carbons (Fsp3) is 0.593. The quantitative estimate of drug-likeness (QED) is 0.0154. The number of aliphatic hydroxyl groups is 1. The molecule has 0 unspecified atom stereocenters. The van der Waals surface area contributed by atoms with Crippen LogP contribution in [0.25, 0.3) is 22.3 Å². The van der Waals surface area contributed by atoms with Gasteiger partial charge < -0.3 is 94.1 Å². The number of hydrogen-bond donors (Lipinski definition) is 7. The molecule has 6 heterocycles. The van der Waals surface area contributed by atoms with Gasteiger partial charge in [0.1, 0.15) is 18.7 Å².